The minimum atomic E-state index is 0.406. The van der Waals surface area contributed by atoms with E-state index in [1.165, 1.54) is 14.8 Å². The molecule has 13 rings (SSSR count). The molecule has 0 fully saturated rings. The van der Waals surface area contributed by atoms with E-state index < -0.39 is 0 Å². The molecule has 0 atom stereocenters. The van der Waals surface area contributed by atoms with Crippen LogP contribution in [0.15, 0.2) is 176 Å². The van der Waals surface area contributed by atoms with Crippen molar-refractivity contribution in [3.8, 4) is 39.7 Å². The lowest BCUT2D eigenvalue weighted by Gasteiger charge is -2.25. The van der Waals surface area contributed by atoms with Gasteiger partial charge in [0.25, 0.3) is 0 Å². The summed E-state index contributed by atoms with van der Waals surface area (Å²) < 4.78 is 6.99. The van der Waals surface area contributed by atoms with Crippen LogP contribution in [0.2, 0.25) is 0 Å². The zero-order valence-corrected chi connectivity index (χ0v) is 33.2. The molecule has 0 spiro atoms. The fraction of sp³-hybridized carbons (Fsp3) is 0. The van der Waals surface area contributed by atoms with Crippen molar-refractivity contribution in [1.29, 1.82) is 5.26 Å². The maximum atomic E-state index is 11.8. The molecule has 4 aromatic heterocycles. The number of nitrogens with zero attached hydrogens (tertiary/aromatic N) is 5. The van der Waals surface area contributed by atoms with E-state index in [-0.39, 0.29) is 0 Å². The van der Waals surface area contributed by atoms with Gasteiger partial charge in [-0.15, -0.1) is 11.3 Å². The minimum absolute atomic E-state index is 0.406. The quantitative estimate of drug-likeness (QED) is 0.132. The molecular formula is C55H29N5S. The Hall–Kier alpha value is -8.29. The van der Waals surface area contributed by atoms with Crippen LogP contribution in [0.4, 0.5) is 5.69 Å². The van der Waals surface area contributed by atoms with Crippen molar-refractivity contribution in [2.75, 3.05) is 0 Å². The molecule has 0 saturated carbocycles. The first kappa shape index (κ1) is 33.7. The number of benzene rings is 9. The molecule has 0 unspecified atom stereocenters. The third-order valence-electron chi connectivity index (χ3n) is 12.6. The molecule has 0 amide bonds. The number of nitriles is 1. The second-order valence-electron chi connectivity index (χ2n) is 15.6. The van der Waals surface area contributed by atoms with E-state index in [4.69, 9.17) is 4.98 Å². The van der Waals surface area contributed by atoms with Crippen molar-refractivity contribution < 1.29 is 0 Å². The molecule has 13 aromatic rings. The highest BCUT2D eigenvalue weighted by molar-refractivity contribution is 7.26. The summed E-state index contributed by atoms with van der Waals surface area (Å²) in [5.41, 5.74) is 9.29. The van der Waals surface area contributed by atoms with Gasteiger partial charge >= 0.3 is 0 Å². The molecule has 0 saturated heterocycles. The number of aromatic nitrogens is 3. The summed E-state index contributed by atoms with van der Waals surface area (Å²) in [4.78, 5) is 9.41. The Labute approximate surface area is 353 Å². The van der Waals surface area contributed by atoms with E-state index in [9.17, 15) is 11.8 Å². The van der Waals surface area contributed by atoms with Crippen molar-refractivity contribution in [2.45, 2.75) is 0 Å². The van der Waals surface area contributed by atoms with Crippen LogP contribution < -0.4 is 0 Å². The predicted octanol–water partition coefficient (Wildman–Crippen LogP) is 15.1. The van der Waals surface area contributed by atoms with Crippen LogP contribution in [-0.2, 0) is 0 Å². The topological polar surface area (TPSA) is 50.9 Å². The van der Waals surface area contributed by atoms with Crippen LogP contribution in [-0.4, -0.2) is 14.1 Å². The number of para-hydroxylation sites is 1. The van der Waals surface area contributed by atoms with Crippen LogP contribution in [0.25, 0.3) is 124 Å². The molecule has 0 aliphatic carbocycles. The standard InChI is InChI=1S/C55H29N5S/c1-57-52-47(32-15-4-2-5-16-32)40(29-56)54(60-42-24-12-10-21-36(42)38-27-28-46-51(53(38)60)39-22-11-13-26-45(39)61-46)48(33-17-6-3-7-18-33)55(52)59-43-25-14-23-37-34-19-8-9-20-35(34)41-30-58-31-44(59)50(41)49(37)43/h2-28,30-31H. The molecule has 0 aliphatic rings. The molecule has 61 heavy (non-hydrogen) atoms. The lowest BCUT2D eigenvalue weighted by atomic mass is 9.88. The van der Waals surface area contributed by atoms with Gasteiger partial charge in [0.1, 0.15) is 6.07 Å². The Morgan fingerprint density at radius 2 is 1.10 bits per heavy atom. The highest BCUT2D eigenvalue weighted by atomic mass is 32.1. The molecule has 9 aromatic carbocycles. The lowest BCUT2D eigenvalue weighted by Crippen LogP contribution is -2.09. The van der Waals surface area contributed by atoms with Crippen molar-refractivity contribution in [3.05, 3.63) is 193 Å². The molecule has 0 bridgehead atoms. The van der Waals surface area contributed by atoms with Gasteiger partial charge in [-0.3, -0.25) is 4.98 Å². The predicted molar refractivity (Wildman–Crippen MR) is 254 cm³/mol. The smallest absolute Gasteiger partial charge is 0.220 e. The molecule has 6 heteroatoms. The fourth-order valence-corrected chi connectivity index (χ4v) is 11.4. The summed E-state index contributed by atoms with van der Waals surface area (Å²) in [5, 5.41) is 23.0. The van der Waals surface area contributed by atoms with Crippen LogP contribution in [0.1, 0.15) is 5.56 Å². The largest absolute Gasteiger partial charge is 0.317 e. The number of hydrogen-bond acceptors (Lipinski definition) is 3. The average molecular weight is 792 g/mol. The molecular weight excluding hydrogens is 763 g/mol. The molecule has 0 radical (unpaired) electrons. The highest BCUT2D eigenvalue weighted by Gasteiger charge is 2.33. The van der Waals surface area contributed by atoms with Crippen LogP contribution in [0.5, 0.6) is 0 Å². The average Bonchev–Trinajstić information content (AvgIpc) is 3.99. The zero-order chi connectivity index (χ0) is 40.3. The third kappa shape index (κ3) is 4.44. The van der Waals surface area contributed by atoms with Crippen molar-refractivity contribution in [2.24, 2.45) is 0 Å². The van der Waals surface area contributed by atoms with Crippen LogP contribution in [0.3, 0.4) is 0 Å². The van der Waals surface area contributed by atoms with E-state index in [1.807, 2.05) is 60.9 Å². The van der Waals surface area contributed by atoms with E-state index in [0.29, 0.717) is 22.5 Å². The van der Waals surface area contributed by atoms with Crippen molar-refractivity contribution in [3.63, 3.8) is 0 Å². The Bertz CT molecular complexity index is 3980. The van der Waals surface area contributed by atoms with Crippen molar-refractivity contribution >= 4 is 102 Å². The van der Waals surface area contributed by atoms with E-state index in [1.54, 1.807) is 11.3 Å². The van der Waals surface area contributed by atoms with Crippen molar-refractivity contribution in [1.82, 2.24) is 14.1 Å². The lowest BCUT2D eigenvalue weighted by molar-refractivity contribution is 1.13. The first-order valence-corrected chi connectivity index (χ1v) is 21.0. The van der Waals surface area contributed by atoms with E-state index in [2.05, 4.69) is 135 Å². The maximum Gasteiger partial charge on any atom is 0.220 e. The van der Waals surface area contributed by atoms with Gasteiger partial charge in [0.15, 0.2) is 0 Å². The van der Waals surface area contributed by atoms with Gasteiger partial charge in [0, 0.05) is 64.4 Å². The number of fused-ring (bicyclic) bond motifs is 10. The summed E-state index contributed by atoms with van der Waals surface area (Å²) in [6.45, 7) is 9.19. The number of rotatable bonds is 4. The van der Waals surface area contributed by atoms with Gasteiger partial charge in [0.2, 0.25) is 5.69 Å². The van der Waals surface area contributed by atoms with Gasteiger partial charge in [-0.05, 0) is 51.6 Å². The number of thiophene rings is 1. The molecule has 0 N–H and O–H groups in total. The van der Waals surface area contributed by atoms with Gasteiger partial charge in [-0.2, -0.15) is 5.26 Å². The van der Waals surface area contributed by atoms with Gasteiger partial charge in [-0.25, -0.2) is 4.85 Å². The second-order valence-corrected chi connectivity index (χ2v) is 16.7. The highest BCUT2D eigenvalue weighted by Crippen LogP contribution is 2.54. The fourth-order valence-electron chi connectivity index (χ4n) is 10.3. The van der Waals surface area contributed by atoms with E-state index >= 15 is 0 Å². The molecule has 5 nitrogen and oxygen atoms in total. The number of hydrogen-bond donors (Lipinski definition) is 0. The number of pyridine rings is 1. The van der Waals surface area contributed by atoms with Gasteiger partial charge in [-0.1, -0.05) is 140 Å². The monoisotopic (exact) mass is 791 g/mol. The molecule has 280 valence electrons. The Morgan fingerprint density at radius 3 is 1.85 bits per heavy atom. The van der Waals surface area contributed by atoms with E-state index in [0.717, 1.165) is 92.9 Å². The van der Waals surface area contributed by atoms with Gasteiger partial charge in [0.05, 0.1) is 51.8 Å². The first-order chi connectivity index (χ1) is 30.2. The van der Waals surface area contributed by atoms with Crippen LogP contribution >= 0.6 is 11.3 Å². The van der Waals surface area contributed by atoms with Crippen LogP contribution in [0, 0.1) is 17.9 Å². The molecule has 4 heterocycles. The molecule has 0 aliphatic heterocycles. The Kier molecular flexibility index (Phi) is 6.96. The SMILES string of the molecule is [C-]#[N+]c1c(-c2ccccc2)c(C#N)c(-n2c3ccccc3c3ccc4sc5ccccc5c4c32)c(-c2ccccc2)c1-n1c2cccc3c4ccccc4c4cncc1c4c32. The summed E-state index contributed by atoms with van der Waals surface area (Å²) >= 11 is 1.79. The third-order valence-corrected chi connectivity index (χ3v) is 13.7. The normalized spacial score (nSPS) is 11.9. The summed E-state index contributed by atoms with van der Waals surface area (Å²) in [5.74, 6) is 0. The Balaban J connectivity index is 1.35. The first-order valence-electron chi connectivity index (χ1n) is 20.2. The zero-order valence-electron chi connectivity index (χ0n) is 32.4. The maximum absolute atomic E-state index is 11.8. The van der Waals surface area contributed by atoms with Gasteiger partial charge < -0.3 is 9.13 Å². The minimum Gasteiger partial charge on any atom is -0.317 e. The summed E-state index contributed by atoms with van der Waals surface area (Å²) in [7, 11) is 0. The second kappa shape index (κ2) is 12.6. The Morgan fingerprint density at radius 1 is 0.475 bits per heavy atom. The summed E-state index contributed by atoms with van der Waals surface area (Å²) in [6, 6.07) is 59.7. The summed E-state index contributed by atoms with van der Waals surface area (Å²) in [6.07, 6.45) is 3.92.